The maximum Gasteiger partial charge on any atom is 0.343 e. The van der Waals surface area contributed by atoms with Gasteiger partial charge in [-0.3, -0.25) is 9.36 Å². The Kier molecular flexibility index (Phi) is 4.00. The average molecular weight is 359 g/mol. The zero-order valence-corrected chi connectivity index (χ0v) is 14.5. The number of rotatable bonds is 3. The number of furan rings is 1. The number of aromatic nitrogens is 4. The van der Waals surface area contributed by atoms with Crippen molar-refractivity contribution in [3.8, 4) is 10.8 Å². The topological polar surface area (TPSA) is 97.0 Å². The van der Waals surface area contributed by atoms with Crippen molar-refractivity contribution in [1.82, 2.24) is 24.6 Å². The molecular formula is C16H17N5O3S. The molecule has 1 saturated heterocycles. The fraction of sp³-hybridized carbons (Fsp3) is 0.375. The van der Waals surface area contributed by atoms with Crippen molar-refractivity contribution in [2.75, 3.05) is 13.1 Å². The Morgan fingerprint density at radius 2 is 2.16 bits per heavy atom. The molecule has 1 aliphatic heterocycles. The van der Waals surface area contributed by atoms with Crippen LogP contribution in [0.4, 0.5) is 0 Å². The van der Waals surface area contributed by atoms with E-state index in [1.165, 1.54) is 17.7 Å². The number of hydrogen-bond donors (Lipinski definition) is 1. The van der Waals surface area contributed by atoms with Gasteiger partial charge in [-0.1, -0.05) is 0 Å². The minimum Gasteiger partial charge on any atom is -0.459 e. The molecule has 3 aromatic rings. The number of thiazole rings is 1. The van der Waals surface area contributed by atoms with Gasteiger partial charge in [0, 0.05) is 24.5 Å². The molecule has 0 aromatic carbocycles. The molecular weight excluding hydrogens is 342 g/mol. The molecule has 4 rings (SSSR count). The molecule has 25 heavy (non-hydrogen) atoms. The van der Waals surface area contributed by atoms with E-state index in [2.05, 4.69) is 15.2 Å². The summed E-state index contributed by atoms with van der Waals surface area (Å²) in [5.41, 5.74) is 0.232. The summed E-state index contributed by atoms with van der Waals surface area (Å²) in [6.45, 7) is 3.06. The predicted octanol–water partition coefficient (Wildman–Crippen LogP) is 2.07. The van der Waals surface area contributed by atoms with Crippen LogP contribution in [0.2, 0.25) is 0 Å². The number of nitrogens with one attached hydrogen (secondary N) is 1. The van der Waals surface area contributed by atoms with Gasteiger partial charge >= 0.3 is 5.69 Å². The predicted molar refractivity (Wildman–Crippen MR) is 91.6 cm³/mol. The molecule has 4 heterocycles. The van der Waals surface area contributed by atoms with Gasteiger partial charge in [-0.2, -0.15) is 5.10 Å². The fourth-order valence-corrected chi connectivity index (χ4v) is 3.81. The lowest BCUT2D eigenvalue weighted by Crippen LogP contribution is -2.40. The van der Waals surface area contributed by atoms with Crippen molar-refractivity contribution in [2.24, 2.45) is 0 Å². The lowest BCUT2D eigenvalue weighted by molar-refractivity contribution is 0.0688. The third-order valence-electron chi connectivity index (χ3n) is 4.40. The third kappa shape index (κ3) is 3.02. The van der Waals surface area contributed by atoms with Crippen LogP contribution in [0, 0.1) is 6.92 Å². The molecule has 130 valence electrons. The Morgan fingerprint density at radius 1 is 1.36 bits per heavy atom. The van der Waals surface area contributed by atoms with Gasteiger partial charge in [-0.05, 0) is 31.9 Å². The number of carbonyl (C=O) groups excluding carboxylic acids is 1. The van der Waals surface area contributed by atoms with Gasteiger partial charge in [-0.25, -0.2) is 14.9 Å². The first-order valence-corrected chi connectivity index (χ1v) is 8.93. The SMILES string of the molecule is Cc1ccc(-c2nc(C(=O)N3CCC(n4cn[nH]c4=O)CC3)cs2)o1. The molecule has 0 spiro atoms. The van der Waals surface area contributed by atoms with E-state index in [9.17, 15) is 9.59 Å². The number of aromatic amines is 1. The summed E-state index contributed by atoms with van der Waals surface area (Å²) in [5, 5.41) is 8.64. The smallest absolute Gasteiger partial charge is 0.343 e. The lowest BCUT2D eigenvalue weighted by atomic mass is 10.0. The Labute approximate surface area is 147 Å². The highest BCUT2D eigenvalue weighted by molar-refractivity contribution is 7.13. The summed E-state index contributed by atoms with van der Waals surface area (Å²) in [6, 6.07) is 3.81. The number of H-pyrrole nitrogens is 1. The molecule has 1 fully saturated rings. The van der Waals surface area contributed by atoms with Crippen LogP contribution in [0.15, 0.2) is 33.1 Å². The van der Waals surface area contributed by atoms with Gasteiger partial charge in [0.25, 0.3) is 5.91 Å². The van der Waals surface area contributed by atoms with Gasteiger partial charge in [0.05, 0.1) is 0 Å². The zero-order chi connectivity index (χ0) is 17.4. The van der Waals surface area contributed by atoms with Crippen LogP contribution >= 0.6 is 11.3 Å². The summed E-state index contributed by atoms with van der Waals surface area (Å²) < 4.78 is 7.16. The van der Waals surface area contributed by atoms with Gasteiger partial charge in [-0.15, -0.1) is 11.3 Å². The second-order valence-corrected chi connectivity index (χ2v) is 6.90. The van der Waals surface area contributed by atoms with Crippen LogP contribution < -0.4 is 5.69 Å². The molecule has 0 unspecified atom stereocenters. The van der Waals surface area contributed by atoms with Crippen LogP contribution in [-0.4, -0.2) is 43.6 Å². The molecule has 0 radical (unpaired) electrons. The molecule has 9 heteroatoms. The first-order valence-electron chi connectivity index (χ1n) is 8.05. The number of likely N-dealkylation sites (tertiary alicyclic amines) is 1. The highest BCUT2D eigenvalue weighted by atomic mass is 32.1. The first kappa shape index (κ1) is 15.8. The monoisotopic (exact) mass is 359 g/mol. The Morgan fingerprint density at radius 3 is 2.80 bits per heavy atom. The highest BCUT2D eigenvalue weighted by Crippen LogP contribution is 2.27. The molecule has 1 N–H and O–H groups in total. The second-order valence-electron chi connectivity index (χ2n) is 6.04. The number of hydrogen-bond acceptors (Lipinski definition) is 6. The molecule has 0 saturated carbocycles. The summed E-state index contributed by atoms with van der Waals surface area (Å²) in [4.78, 5) is 30.5. The van der Waals surface area contributed by atoms with E-state index in [-0.39, 0.29) is 17.6 Å². The summed E-state index contributed by atoms with van der Waals surface area (Å²) in [7, 11) is 0. The van der Waals surface area contributed by atoms with Crippen LogP contribution in [0.5, 0.6) is 0 Å². The van der Waals surface area contributed by atoms with E-state index in [0.29, 0.717) is 29.6 Å². The van der Waals surface area contributed by atoms with Crippen LogP contribution in [-0.2, 0) is 0 Å². The standard InChI is InChI=1S/C16H17N5O3S/c1-10-2-3-13(24-10)14-18-12(8-25-14)15(22)20-6-4-11(5-7-20)21-9-17-19-16(21)23/h2-3,8-9,11H,4-7H2,1H3,(H,19,23). The third-order valence-corrected chi connectivity index (χ3v) is 5.25. The quantitative estimate of drug-likeness (QED) is 0.772. The Hall–Kier alpha value is -2.68. The van der Waals surface area contributed by atoms with Crippen molar-refractivity contribution in [3.05, 3.63) is 45.8 Å². The molecule has 1 aliphatic rings. The zero-order valence-electron chi connectivity index (χ0n) is 13.6. The summed E-state index contributed by atoms with van der Waals surface area (Å²) in [5.74, 6) is 1.41. The molecule has 3 aromatic heterocycles. The minimum atomic E-state index is -0.206. The number of amides is 1. The Bertz CT molecular complexity index is 945. The van der Waals surface area contributed by atoms with Crippen molar-refractivity contribution in [1.29, 1.82) is 0 Å². The van der Waals surface area contributed by atoms with Crippen molar-refractivity contribution < 1.29 is 9.21 Å². The van der Waals surface area contributed by atoms with Crippen LogP contribution in [0.1, 0.15) is 35.1 Å². The van der Waals surface area contributed by atoms with E-state index in [4.69, 9.17) is 4.42 Å². The molecule has 1 amide bonds. The minimum absolute atomic E-state index is 0.0763. The number of carbonyl (C=O) groups is 1. The highest BCUT2D eigenvalue weighted by Gasteiger charge is 2.27. The van der Waals surface area contributed by atoms with Gasteiger partial charge in [0.1, 0.15) is 17.8 Å². The van der Waals surface area contributed by atoms with Crippen molar-refractivity contribution >= 4 is 17.2 Å². The normalized spacial score (nSPS) is 15.6. The fourth-order valence-electron chi connectivity index (χ4n) is 3.06. The number of piperidine rings is 1. The maximum atomic E-state index is 12.7. The summed E-state index contributed by atoms with van der Waals surface area (Å²) >= 11 is 1.40. The van der Waals surface area contributed by atoms with Crippen molar-refractivity contribution in [2.45, 2.75) is 25.8 Å². The van der Waals surface area contributed by atoms with E-state index in [1.807, 2.05) is 19.1 Å². The van der Waals surface area contributed by atoms with E-state index < -0.39 is 0 Å². The maximum absolute atomic E-state index is 12.7. The Balaban J connectivity index is 1.43. The van der Waals surface area contributed by atoms with E-state index >= 15 is 0 Å². The van der Waals surface area contributed by atoms with Crippen LogP contribution in [0.3, 0.4) is 0 Å². The van der Waals surface area contributed by atoms with Gasteiger partial charge in [0.15, 0.2) is 10.8 Å². The number of nitrogens with zero attached hydrogens (tertiary/aromatic N) is 4. The lowest BCUT2D eigenvalue weighted by Gasteiger charge is -2.31. The number of aryl methyl sites for hydroxylation is 1. The molecule has 0 atom stereocenters. The molecule has 0 bridgehead atoms. The van der Waals surface area contributed by atoms with Gasteiger partial charge in [0.2, 0.25) is 0 Å². The van der Waals surface area contributed by atoms with E-state index in [0.717, 1.165) is 18.6 Å². The molecule has 8 nitrogen and oxygen atoms in total. The van der Waals surface area contributed by atoms with Crippen molar-refractivity contribution in [3.63, 3.8) is 0 Å². The molecule has 0 aliphatic carbocycles. The van der Waals surface area contributed by atoms with E-state index in [1.54, 1.807) is 14.8 Å². The first-order chi connectivity index (χ1) is 12.1. The van der Waals surface area contributed by atoms with Gasteiger partial charge < -0.3 is 9.32 Å². The second kappa shape index (κ2) is 6.32. The van der Waals surface area contributed by atoms with Crippen LogP contribution in [0.25, 0.3) is 10.8 Å². The largest absolute Gasteiger partial charge is 0.459 e. The summed E-state index contributed by atoms with van der Waals surface area (Å²) in [6.07, 6.45) is 2.96. The average Bonchev–Trinajstić information content (AvgIpc) is 3.35.